The SMILES string of the molecule is CC(C)CCCC(C)CCC1CCc2[nH]c3ccccc3c2C1. The van der Waals surface area contributed by atoms with E-state index >= 15 is 0 Å². The Balaban J connectivity index is 1.51. The van der Waals surface area contributed by atoms with Crippen LogP contribution in [0, 0.1) is 17.8 Å². The first kappa shape index (κ1) is 16.6. The fourth-order valence-corrected chi connectivity index (χ4v) is 4.23. The number of nitrogens with one attached hydrogen (secondary N) is 1. The molecule has 0 aliphatic heterocycles. The molecule has 0 saturated heterocycles. The molecule has 0 saturated carbocycles. The quantitative estimate of drug-likeness (QED) is 0.599. The lowest BCUT2D eigenvalue weighted by molar-refractivity contribution is 0.354. The molecule has 1 heterocycles. The maximum atomic E-state index is 3.64. The molecule has 2 unspecified atom stereocenters. The number of hydrogen-bond acceptors (Lipinski definition) is 0. The second-order valence-electron chi connectivity index (χ2n) is 8.24. The molecule has 1 heteroatoms. The van der Waals surface area contributed by atoms with Crippen molar-refractivity contribution in [3.8, 4) is 0 Å². The Hall–Kier alpha value is -1.24. The lowest BCUT2D eigenvalue weighted by atomic mass is 9.82. The van der Waals surface area contributed by atoms with Gasteiger partial charge in [0.15, 0.2) is 0 Å². The highest BCUT2D eigenvalue weighted by Crippen LogP contribution is 2.34. The number of hydrogen-bond donors (Lipinski definition) is 1. The van der Waals surface area contributed by atoms with E-state index in [1.54, 1.807) is 5.56 Å². The van der Waals surface area contributed by atoms with Crippen molar-refractivity contribution in [2.45, 2.75) is 72.1 Å². The molecule has 23 heavy (non-hydrogen) atoms. The van der Waals surface area contributed by atoms with Gasteiger partial charge in [-0.15, -0.1) is 0 Å². The number of fused-ring (bicyclic) bond motifs is 3. The van der Waals surface area contributed by atoms with Gasteiger partial charge in [-0.1, -0.05) is 64.7 Å². The van der Waals surface area contributed by atoms with Crippen LogP contribution in [-0.4, -0.2) is 4.98 Å². The van der Waals surface area contributed by atoms with E-state index in [-0.39, 0.29) is 0 Å². The van der Waals surface area contributed by atoms with Gasteiger partial charge in [-0.25, -0.2) is 0 Å². The third-order valence-electron chi connectivity index (χ3n) is 5.74. The van der Waals surface area contributed by atoms with Crippen molar-refractivity contribution in [2.24, 2.45) is 17.8 Å². The number of benzene rings is 1. The van der Waals surface area contributed by atoms with Gasteiger partial charge in [0, 0.05) is 16.6 Å². The zero-order valence-corrected chi connectivity index (χ0v) is 15.2. The minimum atomic E-state index is 0.862. The maximum absolute atomic E-state index is 3.64. The number of H-pyrrole nitrogens is 1. The average molecular weight is 312 g/mol. The molecule has 1 aliphatic carbocycles. The van der Waals surface area contributed by atoms with Crippen molar-refractivity contribution in [3.05, 3.63) is 35.5 Å². The summed E-state index contributed by atoms with van der Waals surface area (Å²) >= 11 is 0. The highest BCUT2D eigenvalue weighted by atomic mass is 14.7. The van der Waals surface area contributed by atoms with Crippen LogP contribution >= 0.6 is 0 Å². The first-order valence-electron chi connectivity index (χ1n) is 9.72. The summed E-state index contributed by atoms with van der Waals surface area (Å²) in [7, 11) is 0. The number of para-hydroxylation sites is 1. The summed E-state index contributed by atoms with van der Waals surface area (Å²) in [5.41, 5.74) is 4.46. The largest absolute Gasteiger partial charge is 0.358 e. The monoisotopic (exact) mass is 311 g/mol. The summed E-state index contributed by atoms with van der Waals surface area (Å²) in [6.45, 7) is 7.14. The number of aryl methyl sites for hydroxylation is 1. The van der Waals surface area contributed by atoms with Crippen LogP contribution in [0.25, 0.3) is 10.9 Å². The fourth-order valence-electron chi connectivity index (χ4n) is 4.23. The van der Waals surface area contributed by atoms with Crippen LogP contribution in [0.3, 0.4) is 0 Å². The third kappa shape index (κ3) is 4.19. The van der Waals surface area contributed by atoms with Crippen LogP contribution in [0.15, 0.2) is 24.3 Å². The molecule has 1 nitrogen and oxygen atoms in total. The van der Waals surface area contributed by atoms with Crippen LogP contribution < -0.4 is 0 Å². The van der Waals surface area contributed by atoms with Gasteiger partial charge in [0.05, 0.1) is 0 Å². The van der Waals surface area contributed by atoms with Crippen molar-refractivity contribution >= 4 is 10.9 Å². The molecule has 0 spiro atoms. The first-order chi connectivity index (χ1) is 11.1. The molecule has 3 rings (SSSR count). The lowest BCUT2D eigenvalue weighted by Gasteiger charge is -2.24. The summed E-state index contributed by atoms with van der Waals surface area (Å²) < 4.78 is 0. The Bertz CT molecular complexity index is 622. The normalized spacial score (nSPS) is 19.2. The van der Waals surface area contributed by atoms with E-state index in [2.05, 4.69) is 50.0 Å². The van der Waals surface area contributed by atoms with E-state index in [4.69, 9.17) is 0 Å². The van der Waals surface area contributed by atoms with Gasteiger partial charge in [-0.3, -0.25) is 0 Å². The Morgan fingerprint density at radius 3 is 2.74 bits per heavy atom. The van der Waals surface area contributed by atoms with Crippen LogP contribution in [0.5, 0.6) is 0 Å². The summed E-state index contributed by atoms with van der Waals surface area (Å²) in [5, 5.41) is 1.47. The van der Waals surface area contributed by atoms with Gasteiger partial charge >= 0.3 is 0 Å². The molecular weight excluding hydrogens is 278 g/mol. The number of rotatable bonds is 7. The van der Waals surface area contributed by atoms with E-state index in [0.29, 0.717) is 0 Å². The predicted molar refractivity (Wildman–Crippen MR) is 101 cm³/mol. The number of aromatic amines is 1. The smallest absolute Gasteiger partial charge is 0.0458 e. The van der Waals surface area contributed by atoms with Gasteiger partial charge < -0.3 is 4.98 Å². The molecule has 1 N–H and O–H groups in total. The second kappa shape index (κ2) is 7.55. The second-order valence-corrected chi connectivity index (χ2v) is 8.24. The van der Waals surface area contributed by atoms with Crippen molar-refractivity contribution in [3.63, 3.8) is 0 Å². The topological polar surface area (TPSA) is 15.8 Å². The van der Waals surface area contributed by atoms with Crippen molar-refractivity contribution in [2.75, 3.05) is 0 Å². The summed E-state index contributed by atoms with van der Waals surface area (Å²) in [6.07, 6.45) is 11.0. The zero-order chi connectivity index (χ0) is 16.2. The van der Waals surface area contributed by atoms with E-state index in [1.165, 1.54) is 68.0 Å². The molecule has 0 radical (unpaired) electrons. The predicted octanol–water partition coefficient (Wildman–Crippen LogP) is 6.52. The highest BCUT2D eigenvalue weighted by Gasteiger charge is 2.22. The molecule has 1 aromatic heterocycles. The molecule has 0 fully saturated rings. The molecule has 2 atom stereocenters. The van der Waals surface area contributed by atoms with E-state index in [0.717, 1.165) is 17.8 Å². The Labute approximate surface area is 141 Å². The Morgan fingerprint density at radius 2 is 1.91 bits per heavy atom. The van der Waals surface area contributed by atoms with Gasteiger partial charge in [-0.2, -0.15) is 0 Å². The molecule has 1 aliphatic rings. The Kier molecular flexibility index (Phi) is 5.46. The standard InChI is InChI=1S/C22H33N/c1-16(2)7-6-8-17(3)11-12-18-13-14-22-20(15-18)19-9-4-5-10-21(19)23-22/h4-5,9-10,16-18,23H,6-8,11-15H2,1-3H3. The van der Waals surface area contributed by atoms with Crippen LogP contribution in [0.2, 0.25) is 0 Å². The van der Waals surface area contributed by atoms with E-state index in [9.17, 15) is 0 Å². The van der Waals surface area contributed by atoms with Crippen LogP contribution in [-0.2, 0) is 12.8 Å². The minimum Gasteiger partial charge on any atom is -0.358 e. The molecule has 0 bridgehead atoms. The lowest BCUT2D eigenvalue weighted by Crippen LogP contribution is -2.14. The van der Waals surface area contributed by atoms with Gasteiger partial charge in [0.2, 0.25) is 0 Å². The minimum absolute atomic E-state index is 0.862. The summed E-state index contributed by atoms with van der Waals surface area (Å²) in [5.74, 6) is 2.66. The Morgan fingerprint density at radius 1 is 1.09 bits per heavy atom. The van der Waals surface area contributed by atoms with E-state index < -0.39 is 0 Å². The van der Waals surface area contributed by atoms with Gasteiger partial charge in [-0.05, 0) is 55.1 Å². The number of aromatic nitrogens is 1. The fraction of sp³-hybridized carbons (Fsp3) is 0.636. The summed E-state index contributed by atoms with van der Waals surface area (Å²) in [4.78, 5) is 3.64. The van der Waals surface area contributed by atoms with Gasteiger partial charge in [0.25, 0.3) is 0 Å². The van der Waals surface area contributed by atoms with Crippen molar-refractivity contribution in [1.29, 1.82) is 0 Å². The molecule has 1 aromatic carbocycles. The van der Waals surface area contributed by atoms with Crippen molar-refractivity contribution in [1.82, 2.24) is 4.98 Å². The molecule has 126 valence electrons. The molecule has 0 amide bonds. The molecular formula is C22H33N. The first-order valence-corrected chi connectivity index (χ1v) is 9.72. The zero-order valence-electron chi connectivity index (χ0n) is 15.2. The van der Waals surface area contributed by atoms with Crippen LogP contribution in [0.1, 0.15) is 70.6 Å². The highest BCUT2D eigenvalue weighted by molar-refractivity contribution is 5.84. The summed E-state index contributed by atoms with van der Waals surface area (Å²) in [6, 6.07) is 8.83. The molecule has 2 aromatic rings. The maximum Gasteiger partial charge on any atom is 0.0458 e. The van der Waals surface area contributed by atoms with E-state index in [1.807, 2.05) is 0 Å². The van der Waals surface area contributed by atoms with Gasteiger partial charge in [0.1, 0.15) is 0 Å². The average Bonchev–Trinajstić information content (AvgIpc) is 2.90. The van der Waals surface area contributed by atoms with Crippen molar-refractivity contribution < 1.29 is 0 Å². The van der Waals surface area contributed by atoms with Crippen LogP contribution in [0.4, 0.5) is 0 Å². The third-order valence-corrected chi connectivity index (χ3v) is 5.74.